The maximum Gasteiger partial charge on any atom is 0.416 e. The third-order valence-electron chi connectivity index (χ3n) is 2.81. The Labute approximate surface area is 135 Å². The number of alkyl halides is 3. The van der Waals surface area contributed by atoms with Crippen LogP contribution in [-0.2, 0) is 11.0 Å². The molecule has 0 aromatic heterocycles. The van der Waals surface area contributed by atoms with E-state index in [1.807, 2.05) is 6.07 Å². The normalized spacial score (nSPS) is 10.9. The minimum atomic E-state index is -4.41. The molecule has 0 bridgehead atoms. The van der Waals surface area contributed by atoms with Crippen LogP contribution in [-0.4, -0.2) is 11.7 Å². The van der Waals surface area contributed by atoms with Gasteiger partial charge in [0, 0.05) is 10.6 Å². The predicted octanol–water partition coefficient (Wildman–Crippen LogP) is 4.31. The van der Waals surface area contributed by atoms with Gasteiger partial charge in [-0.3, -0.25) is 4.79 Å². The molecule has 2 aromatic rings. The SMILES string of the molecule is N#Cc1cccc(NC(=O)CSc2cccc(C(F)(F)F)c2)c1. The summed E-state index contributed by atoms with van der Waals surface area (Å²) < 4.78 is 37.8. The summed E-state index contributed by atoms with van der Waals surface area (Å²) in [5.41, 5.74) is 0.136. The second kappa shape index (κ2) is 7.20. The monoisotopic (exact) mass is 336 g/mol. The summed E-state index contributed by atoms with van der Waals surface area (Å²) in [5.74, 6) is -0.388. The minimum Gasteiger partial charge on any atom is -0.325 e. The molecule has 2 aromatic carbocycles. The highest BCUT2D eigenvalue weighted by atomic mass is 32.2. The van der Waals surface area contributed by atoms with Gasteiger partial charge in [-0.1, -0.05) is 12.1 Å². The molecule has 0 saturated heterocycles. The second-order valence-electron chi connectivity index (χ2n) is 4.56. The summed E-state index contributed by atoms with van der Waals surface area (Å²) in [6.07, 6.45) is -4.41. The van der Waals surface area contributed by atoms with Gasteiger partial charge in [-0.15, -0.1) is 11.8 Å². The number of nitrogens with zero attached hydrogens (tertiary/aromatic N) is 1. The van der Waals surface area contributed by atoms with Crippen molar-refractivity contribution in [2.45, 2.75) is 11.1 Å². The van der Waals surface area contributed by atoms with Crippen LogP contribution in [0.5, 0.6) is 0 Å². The molecule has 0 aliphatic carbocycles. The first-order valence-electron chi connectivity index (χ1n) is 6.48. The van der Waals surface area contributed by atoms with E-state index >= 15 is 0 Å². The van der Waals surface area contributed by atoms with Crippen molar-refractivity contribution >= 4 is 23.4 Å². The van der Waals surface area contributed by atoms with Gasteiger partial charge in [-0.05, 0) is 36.4 Å². The molecular weight excluding hydrogens is 325 g/mol. The number of thioether (sulfide) groups is 1. The van der Waals surface area contributed by atoms with Gasteiger partial charge in [-0.25, -0.2) is 0 Å². The first-order chi connectivity index (χ1) is 10.9. The Morgan fingerprint density at radius 1 is 1.17 bits per heavy atom. The van der Waals surface area contributed by atoms with Gasteiger partial charge < -0.3 is 5.32 Å². The van der Waals surface area contributed by atoms with Gasteiger partial charge in [-0.2, -0.15) is 18.4 Å². The first-order valence-corrected chi connectivity index (χ1v) is 7.47. The number of nitrogens with one attached hydrogen (secondary N) is 1. The number of amides is 1. The van der Waals surface area contributed by atoms with E-state index in [9.17, 15) is 18.0 Å². The Hall–Kier alpha value is -2.46. The van der Waals surface area contributed by atoms with E-state index in [2.05, 4.69) is 5.32 Å². The van der Waals surface area contributed by atoms with Crippen LogP contribution in [0.4, 0.5) is 18.9 Å². The van der Waals surface area contributed by atoms with Crippen molar-refractivity contribution in [3.63, 3.8) is 0 Å². The topological polar surface area (TPSA) is 52.9 Å². The molecule has 1 N–H and O–H groups in total. The zero-order valence-electron chi connectivity index (χ0n) is 11.7. The van der Waals surface area contributed by atoms with E-state index in [1.54, 1.807) is 18.2 Å². The van der Waals surface area contributed by atoms with Crippen molar-refractivity contribution in [3.05, 3.63) is 59.7 Å². The van der Waals surface area contributed by atoms with Crippen molar-refractivity contribution < 1.29 is 18.0 Å². The van der Waals surface area contributed by atoms with Gasteiger partial charge in [0.15, 0.2) is 0 Å². The molecule has 0 heterocycles. The van der Waals surface area contributed by atoms with Gasteiger partial charge in [0.2, 0.25) is 5.91 Å². The number of hydrogen-bond donors (Lipinski definition) is 1. The van der Waals surface area contributed by atoms with Crippen molar-refractivity contribution in [2.24, 2.45) is 0 Å². The summed E-state index contributed by atoms with van der Waals surface area (Å²) in [6.45, 7) is 0. The highest BCUT2D eigenvalue weighted by Gasteiger charge is 2.30. The van der Waals surface area contributed by atoms with Crippen LogP contribution in [0, 0.1) is 11.3 Å². The Balaban J connectivity index is 1.95. The molecule has 0 atom stereocenters. The Morgan fingerprint density at radius 3 is 2.61 bits per heavy atom. The lowest BCUT2D eigenvalue weighted by Crippen LogP contribution is -2.14. The number of halogens is 3. The standard InChI is InChI=1S/C16H11F3N2OS/c17-16(18,19)12-4-2-6-14(8-12)23-10-15(22)21-13-5-1-3-11(7-13)9-20/h1-8H,10H2,(H,21,22). The smallest absolute Gasteiger partial charge is 0.325 e. The predicted molar refractivity (Wildman–Crippen MR) is 82.0 cm³/mol. The van der Waals surface area contributed by atoms with Crippen LogP contribution in [0.2, 0.25) is 0 Å². The van der Waals surface area contributed by atoms with E-state index in [0.29, 0.717) is 16.1 Å². The highest BCUT2D eigenvalue weighted by molar-refractivity contribution is 8.00. The maximum atomic E-state index is 12.6. The molecule has 0 saturated carbocycles. The average molecular weight is 336 g/mol. The summed E-state index contributed by atoms with van der Waals surface area (Å²) >= 11 is 1.01. The number of rotatable bonds is 4. The van der Waals surface area contributed by atoms with Crippen molar-refractivity contribution in [1.82, 2.24) is 0 Å². The molecule has 23 heavy (non-hydrogen) atoms. The molecule has 0 unspecified atom stereocenters. The van der Waals surface area contributed by atoms with Crippen LogP contribution in [0.15, 0.2) is 53.4 Å². The van der Waals surface area contributed by atoms with Crippen LogP contribution in [0.25, 0.3) is 0 Å². The number of carbonyl (C=O) groups excluding carboxylic acids is 1. The molecule has 0 radical (unpaired) electrons. The zero-order valence-corrected chi connectivity index (χ0v) is 12.5. The Bertz CT molecular complexity index is 753. The molecule has 2 rings (SSSR count). The van der Waals surface area contributed by atoms with Crippen LogP contribution < -0.4 is 5.32 Å². The van der Waals surface area contributed by atoms with E-state index in [4.69, 9.17) is 5.26 Å². The zero-order chi connectivity index (χ0) is 16.9. The number of hydrogen-bond acceptors (Lipinski definition) is 3. The fourth-order valence-electron chi connectivity index (χ4n) is 1.77. The highest BCUT2D eigenvalue weighted by Crippen LogP contribution is 2.31. The van der Waals surface area contributed by atoms with Gasteiger partial charge >= 0.3 is 6.18 Å². The Kier molecular flexibility index (Phi) is 5.29. The van der Waals surface area contributed by atoms with Crippen molar-refractivity contribution in [3.8, 4) is 6.07 Å². The third kappa shape index (κ3) is 5.04. The summed E-state index contributed by atoms with van der Waals surface area (Å²) in [7, 11) is 0. The number of nitriles is 1. The average Bonchev–Trinajstić information content (AvgIpc) is 2.52. The second-order valence-corrected chi connectivity index (χ2v) is 5.60. The van der Waals surface area contributed by atoms with Crippen LogP contribution in [0.3, 0.4) is 0 Å². The number of benzene rings is 2. The van der Waals surface area contributed by atoms with E-state index in [0.717, 1.165) is 23.9 Å². The molecule has 118 valence electrons. The molecule has 0 aliphatic rings. The molecule has 0 fully saturated rings. The lowest BCUT2D eigenvalue weighted by atomic mass is 10.2. The molecule has 1 amide bonds. The molecule has 0 aliphatic heterocycles. The van der Waals surface area contributed by atoms with Crippen LogP contribution >= 0.6 is 11.8 Å². The van der Waals surface area contributed by atoms with Gasteiger partial charge in [0.1, 0.15) is 0 Å². The largest absolute Gasteiger partial charge is 0.416 e. The third-order valence-corrected chi connectivity index (χ3v) is 3.80. The van der Waals surface area contributed by atoms with E-state index in [-0.39, 0.29) is 11.7 Å². The van der Waals surface area contributed by atoms with Crippen molar-refractivity contribution in [2.75, 3.05) is 11.1 Å². The van der Waals surface area contributed by atoms with E-state index < -0.39 is 11.7 Å². The fourth-order valence-corrected chi connectivity index (χ4v) is 2.53. The van der Waals surface area contributed by atoms with Gasteiger partial charge in [0.25, 0.3) is 0 Å². The lowest BCUT2D eigenvalue weighted by Gasteiger charge is -2.09. The van der Waals surface area contributed by atoms with Gasteiger partial charge in [0.05, 0.1) is 22.9 Å². The summed E-state index contributed by atoms with van der Waals surface area (Å²) in [5, 5.41) is 11.4. The van der Waals surface area contributed by atoms with E-state index in [1.165, 1.54) is 18.2 Å². The number of anilines is 1. The minimum absolute atomic E-state index is 0.0297. The molecule has 7 heteroatoms. The maximum absolute atomic E-state index is 12.6. The summed E-state index contributed by atoms with van der Waals surface area (Å²) in [6, 6.07) is 13.2. The molecular formula is C16H11F3N2OS. The van der Waals surface area contributed by atoms with Crippen LogP contribution in [0.1, 0.15) is 11.1 Å². The molecule has 3 nitrogen and oxygen atoms in total. The summed E-state index contributed by atoms with van der Waals surface area (Å²) in [4.78, 5) is 12.2. The molecule has 0 spiro atoms. The quantitative estimate of drug-likeness (QED) is 0.847. The first kappa shape index (κ1) is 16.9. The lowest BCUT2D eigenvalue weighted by molar-refractivity contribution is -0.137. The Morgan fingerprint density at radius 2 is 1.91 bits per heavy atom. The fraction of sp³-hybridized carbons (Fsp3) is 0.125. The number of carbonyl (C=O) groups is 1. The van der Waals surface area contributed by atoms with Crippen molar-refractivity contribution in [1.29, 1.82) is 5.26 Å².